The van der Waals surface area contributed by atoms with Gasteiger partial charge in [-0.25, -0.2) is 0 Å². The van der Waals surface area contributed by atoms with Gasteiger partial charge in [0.05, 0.1) is 21.8 Å². The van der Waals surface area contributed by atoms with E-state index < -0.39 is 5.91 Å². The number of amides is 3. The monoisotopic (exact) mass is 473 g/mol. The molecule has 1 aromatic heterocycles. The molecule has 6 nitrogen and oxygen atoms in total. The van der Waals surface area contributed by atoms with Crippen LogP contribution < -0.4 is 16.0 Å². The molecule has 2 aromatic rings. The highest BCUT2D eigenvalue weighted by Crippen LogP contribution is 2.21. The molecule has 3 amide bonds. The molecule has 9 heteroatoms. The molecule has 0 spiro atoms. The molecular weight excluding hydrogens is 462 g/mol. The number of carbonyl (C=O) groups excluding carboxylic acids is 3. The van der Waals surface area contributed by atoms with Gasteiger partial charge in [0.2, 0.25) is 11.8 Å². The molecule has 126 valence electrons. The van der Waals surface area contributed by atoms with Crippen LogP contribution in [0.1, 0.15) is 9.67 Å². The van der Waals surface area contributed by atoms with Crippen molar-refractivity contribution in [2.45, 2.75) is 0 Å². The largest absolute Gasteiger partial charge is 0.345 e. The summed E-state index contributed by atoms with van der Waals surface area (Å²) < 4.78 is 1.74. The van der Waals surface area contributed by atoms with Gasteiger partial charge in [0.15, 0.2) is 0 Å². The molecule has 2 rings (SSSR count). The van der Waals surface area contributed by atoms with Crippen LogP contribution in [-0.2, 0) is 9.59 Å². The molecule has 0 saturated heterocycles. The van der Waals surface area contributed by atoms with Crippen LogP contribution in [0.4, 0.5) is 5.69 Å². The fraction of sp³-hybridized carbons (Fsp3) is 0.133. The third-order valence-corrected chi connectivity index (χ3v) is 4.93. The van der Waals surface area contributed by atoms with Crippen LogP contribution in [0.25, 0.3) is 0 Å². The topological polar surface area (TPSA) is 87.3 Å². The molecule has 0 radical (unpaired) electrons. The molecule has 0 fully saturated rings. The van der Waals surface area contributed by atoms with E-state index in [-0.39, 0.29) is 24.9 Å². The van der Waals surface area contributed by atoms with Crippen molar-refractivity contribution < 1.29 is 14.4 Å². The second-order valence-electron chi connectivity index (χ2n) is 4.62. The van der Waals surface area contributed by atoms with Crippen LogP contribution in [0, 0.1) is 0 Å². The molecule has 24 heavy (non-hydrogen) atoms. The van der Waals surface area contributed by atoms with Gasteiger partial charge in [0.1, 0.15) is 0 Å². The Morgan fingerprint density at radius 1 is 0.875 bits per heavy atom. The molecule has 1 aromatic carbocycles. The van der Waals surface area contributed by atoms with E-state index in [1.807, 2.05) is 0 Å². The summed E-state index contributed by atoms with van der Waals surface area (Å²) in [6.45, 7) is -0.366. The molecule has 1 heterocycles. The van der Waals surface area contributed by atoms with Crippen LogP contribution in [0.5, 0.6) is 0 Å². The van der Waals surface area contributed by atoms with Crippen molar-refractivity contribution in [2.24, 2.45) is 0 Å². The first kappa shape index (κ1) is 18.6. The average molecular weight is 475 g/mol. The molecule has 0 atom stereocenters. The van der Waals surface area contributed by atoms with Crippen molar-refractivity contribution in [2.75, 3.05) is 18.4 Å². The quantitative estimate of drug-likeness (QED) is 0.601. The molecule has 0 unspecified atom stereocenters. The first-order valence-electron chi connectivity index (χ1n) is 6.79. The Bertz CT molecular complexity index is 747. The fourth-order valence-electron chi connectivity index (χ4n) is 1.66. The van der Waals surface area contributed by atoms with E-state index in [1.54, 1.807) is 36.4 Å². The van der Waals surface area contributed by atoms with Crippen molar-refractivity contribution in [1.29, 1.82) is 0 Å². The Kier molecular flexibility index (Phi) is 6.95. The summed E-state index contributed by atoms with van der Waals surface area (Å²) in [5, 5.41) is 7.59. The average Bonchev–Trinajstić information content (AvgIpc) is 2.99. The number of hydrogen-bond donors (Lipinski definition) is 3. The molecule has 0 saturated carbocycles. The van der Waals surface area contributed by atoms with E-state index in [1.165, 1.54) is 11.3 Å². The second-order valence-corrected chi connectivity index (χ2v) is 8.00. The lowest BCUT2D eigenvalue weighted by Crippen LogP contribution is -2.40. The maximum atomic E-state index is 11.8. The van der Waals surface area contributed by atoms with Crippen molar-refractivity contribution in [3.63, 3.8) is 0 Å². The first-order chi connectivity index (χ1) is 11.4. The number of nitrogens with one attached hydrogen (secondary N) is 3. The highest BCUT2D eigenvalue weighted by atomic mass is 79.9. The second kappa shape index (κ2) is 8.95. The van der Waals surface area contributed by atoms with Gasteiger partial charge >= 0.3 is 0 Å². The zero-order chi connectivity index (χ0) is 17.5. The summed E-state index contributed by atoms with van der Waals surface area (Å²) in [7, 11) is 0. The lowest BCUT2D eigenvalue weighted by Gasteiger charge is -2.07. The van der Waals surface area contributed by atoms with E-state index >= 15 is 0 Å². The van der Waals surface area contributed by atoms with E-state index in [4.69, 9.17) is 0 Å². The van der Waals surface area contributed by atoms with Crippen LogP contribution in [0.3, 0.4) is 0 Å². The Labute approximate surface area is 159 Å². The van der Waals surface area contributed by atoms with E-state index in [9.17, 15) is 14.4 Å². The fourth-order valence-corrected chi connectivity index (χ4v) is 3.23. The third kappa shape index (κ3) is 6.06. The standard InChI is InChI=1S/C15H13Br2N3O3S/c16-9-1-3-10(4-2-9)20-14(22)8-18-13(21)7-19-15(23)11-5-6-12(17)24-11/h1-6H,7-8H2,(H,18,21)(H,19,23)(H,20,22). The van der Waals surface area contributed by atoms with Gasteiger partial charge in [-0.05, 0) is 52.3 Å². The minimum atomic E-state index is -0.440. The number of hydrogen-bond acceptors (Lipinski definition) is 4. The maximum absolute atomic E-state index is 11.8. The predicted molar refractivity (Wildman–Crippen MR) is 100 cm³/mol. The number of anilines is 1. The van der Waals surface area contributed by atoms with Crippen LogP contribution >= 0.6 is 43.2 Å². The lowest BCUT2D eigenvalue weighted by atomic mass is 10.3. The number of rotatable bonds is 6. The van der Waals surface area contributed by atoms with Gasteiger partial charge in [-0.1, -0.05) is 15.9 Å². The Hall–Kier alpha value is -1.71. The molecule has 0 aliphatic rings. The summed E-state index contributed by atoms with van der Waals surface area (Å²) in [6, 6.07) is 10.5. The Morgan fingerprint density at radius 3 is 2.17 bits per heavy atom. The normalized spacial score (nSPS) is 10.1. The zero-order valence-corrected chi connectivity index (χ0v) is 16.3. The van der Waals surface area contributed by atoms with E-state index in [0.29, 0.717) is 10.6 Å². The molecule has 3 N–H and O–H groups in total. The van der Waals surface area contributed by atoms with Gasteiger partial charge < -0.3 is 16.0 Å². The maximum Gasteiger partial charge on any atom is 0.261 e. The van der Waals surface area contributed by atoms with Gasteiger partial charge in [0.25, 0.3) is 5.91 Å². The van der Waals surface area contributed by atoms with Crippen LogP contribution in [-0.4, -0.2) is 30.8 Å². The van der Waals surface area contributed by atoms with Crippen molar-refractivity contribution >= 4 is 66.6 Å². The summed E-state index contributed by atoms with van der Waals surface area (Å²) in [5.41, 5.74) is 0.633. The van der Waals surface area contributed by atoms with Crippen LogP contribution in [0.2, 0.25) is 0 Å². The van der Waals surface area contributed by atoms with E-state index in [0.717, 1.165) is 8.26 Å². The number of thiophene rings is 1. The Balaban J connectivity index is 1.69. The number of halogens is 2. The predicted octanol–water partition coefficient (Wildman–Crippen LogP) is 2.76. The SMILES string of the molecule is O=C(CNC(=O)c1ccc(Br)s1)NCC(=O)Nc1ccc(Br)cc1. The van der Waals surface area contributed by atoms with Gasteiger partial charge in [-0.2, -0.15) is 0 Å². The van der Waals surface area contributed by atoms with Crippen molar-refractivity contribution in [3.05, 3.63) is 49.5 Å². The van der Waals surface area contributed by atoms with Crippen molar-refractivity contribution in [1.82, 2.24) is 10.6 Å². The summed E-state index contributed by atoms with van der Waals surface area (Å²) in [4.78, 5) is 35.7. The number of benzene rings is 1. The summed E-state index contributed by atoms with van der Waals surface area (Å²) in [6.07, 6.45) is 0. The highest BCUT2D eigenvalue weighted by Gasteiger charge is 2.11. The lowest BCUT2D eigenvalue weighted by molar-refractivity contribution is -0.123. The van der Waals surface area contributed by atoms with Gasteiger partial charge in [-0.3, -0.25) is 14.4 Å². The van der Waals surface area contributed by atoms with Gasteiger partial charge in [-0.15, -0.1) is 11.3 Å². The third-order valence-electron chi connectivity index (χ3n) is 2.78. The molecule has 0 aliphatic carbocycles. The molecule has 0 aliphatic heterocycles. The summed E-state index contributed by atoms with van der Waals surface area (Å²) >= 11 is 7.84. The first-order valence-corrected chi connectivity index (χ1v) is 9.20. The number of carbonyl (C=O) groups is 3. The van der Waals surface area contributed by atoms with Crippen molar-refractivity contribution in [3.8, 4) is 0 Å². The smallest absolute Gasteiger partial charge is 0.261 e. The summed E-state index contributed by atoms with van der Waals surface area (Å²) in [5.74, 6) is -1.12. The molecule has 0 bridgehead atoms. The minimum Gasteiger partial charge on any atom is -0.345 e. The Morgan fingerprint density at radius 2 is 1.54 bits per heavy atom. The van der Waals surface area contributed by atoms with Gasteiger partial charge in [0, 0.05) is 10.2 Å². The minimum absolute atomic E-state index is 0.171. The highest BCUT2D eigenvalue weighted by molar-refractivity contribution is 9.11. The van der Waals surface area contributed by atoms with E-state index in [2.05, 4.69) is 47.8 Å². The zero-order valence-electron chi connectivity index (χ0n) is 12.3. The molecular formula is C15H13Br2N3O3S. The van der Waals surface area contributed by atoms with Crippen LogP contribution in [0.15, 0.2) is 44.7 Å².